The summed E-state index contributed by atoms with van der Waals surface area (Å²) >= 11 is 0. The second-order valence-corrected chi connectivity index (χ2v) is 4.33. The minimum atomic E-state index is -0.291. The summed E-state index contributed by atoms with van der Waals surface area (Å²) in [6.45, 7) is 1.93. The van der Waals surface area contributed by atoms with E-state index in [1.165, 1.54) is 0 Å². The highest BCUT2D eigenvalue weighted by atomic mass is 16.2. The molecule has 1 aromatic carbocycles. The lowest BCUT2D eigenvalue weighted by Gasteiger charge is -2.09. The molecule has 0 atom stereocenters. The van der Waals surface area contributed by atoms with E-state index >= 15 is 0 Å². The van der Waals surface area contributed by atoms with Crippen LogP contribution in [0.3, 0.4) is 0 Å². The van der Waals surface area contributed by atoms with Gasteiger partial charge in [0.1, 0.15) is 0 Å². The van der Waals surface area contributed by atoms with Crippen LogP contribution >= 0.6 is 0 Å². The average molecular weight is 216 g/mol. The lowest BCUT2D eigenvalue weighted by molar-refractivity contribution is 0.706. The molecule has 1 aliphatic rings. The Morgan fingerprint density at radius 2 is 2.06 bits per heavy atom. The Kier molecular flexibility index (Phi) is 1.80. The van der Waals surface area contributed by atoms with Crippen LogP contribution in [0.15, 0.2) is 27.8 Å². The van der Waals surface area contributed by atoms with Crippen molar-refractivity contribution >= 4 is 10.9 Å². The summed E-state index contributed by atoms with van der Waals surface area (Å²) < 4.78 is 1.73. The zero-order chi connectivity index (χ0) is 11.3. The number of aromatic amines is 1. The van der Waals surface area contributed by atoms with Crippen LogP contribution in [0.25, 0.3) is 10.9 Å². The predicted octanol–water partition coefficient (Wildman–Crippen LogP) is 1.33. The highest BCUT2D eigenvalue weighted by molar-refractivity contribution is 5.81. The summed E-state index contributed by atoms with van der Waals surface area (Å²) in [6, 6.07) is 5.81. The molecule has 0 radical (unpaired) electrons. The van der Waals surface area contributed by atoms with Crippen LogP contribution < -0.4 is 11.2 Å². The van der Waals surface area contributed by atoms with Gasteiger partial charge in [-0.1, -0.05) is 12.1 Å². The summed E-state index contributed by atoms with van der Waals surface area (Å²) in [5.74, 6) is 0. The Hall–Kier alpha value is -1.84. The molecule has 1 saturated carbocycles. The van der Waals surface area contributed by atoms with Crippen molar-refractivity contribution in [2.24, 2.45) is 0 Å². The predicted molar refractivity (Wildman–Crippen MR) is 61.8 cm³/mol. The van der Waals surface area contributed by atoms with E-state index in [9.17, 15) is 9.59 Å². The van der Waals surface area contributed by atoms with Crippen LogP contribution in [0, 0.1) is 6.92 Å². The number of para-hydroxylation sites is 1. The lowest BCUT2D eigenvalue weighted by atomic mass is 10.1. The van der Waals surface area contributed by atoms with Crippen molar-refractivity contribution in [3.05, 3.63) is 44.6 Å². The van der Waals surface area contributed by atoms with Gasteiger partial charge in [0.05, 0.1) is 10.9 Å². The molecule has 4 heteroatoms. The van der Waals surface area contributed by atoms with E-state index in [0.717, 1.165) is 23.9 Å². The molecule has 0 saturated heterocycles. The molecule has 0 bridgehead atoms. The molecule has 3 rings (SSSR count). The Morgan fingerprint density at radius 3 is 2.75 bits per heavy atom. The van der Waals surface area contributed by atoms with Crippen LogP contribution in [-0.4, -0.2) is 9.55 Å². The van der Waals surface area contributed by atoms with Gasteiger partial charge in [-0.2, -0.15) is 0 Å². The normalized spacial score (nSPS) is 15.6. The van der Waals surface area contributed by atoms with Gasteiger partial charge in [0.2, 0.25) is 0 Å². The molecular formula is C12H12N2O2. The molecule has 0 amide bonds. The third kappa shape index (κ3) is 1.23. The minimum Gasteiger partial charge on any atom is -0.290 e. The van der Waals surface area contributed by atoms with E-state index in [2.05, 4.69) is 4.98 Å². The second kappa shape index (κ2) is 3.07. The molecule has 2 aromatic rings. The summed E-state index contributed by atoms with van der Waals surface area (Å²) in [5.41, 5.74) is 1.20. The number of aromatic nitrogens is 2. The number of hydrogen-bond donors (Lipinski definition) is 1. The molecule has 1 aliphatic carbocycles. The largest absolute Gasteiger partial charge is 0.329 e. The first-order valence-electron chi connectivity index (χ1n) is 5.42. The van der Waals surface area contributed by atoms with Crippen molar-refractivity contribution in [1.82, 2.24) is 9.55 Å². The van der Waals surface area contributed by atoms with Crippen molar-refractivity contribution in [1.29, 1.82) is 0 Å². The number of rotatable bonds is 1. The van der Waals surface area contributed by atoms with E-state index in [0.29, 0.717) is 5.39 Å². The molecule has 82 valence electrons. The maximum absolute atomic E-state index is 11.8. The smallest absolute Gasteiger partial charge is 0.290 e. The van der Waals surface area contributed by atoms with Crippen LogP contribution in [0.5, 0.6) is 0 Å². The number of aryl methyl sites for hydroxylation is 1. The topological polar surface area (TPSA) is 54.9 Å². The third-order valence-electron chi connectivity index (χ3n) is 3.07. The maximum atomic E-state index is 11.8. The van der Waals surface area contributed by atoms with Gasteiger partial charge in [-0.25, -0.2) is 4.79 Å². The average Bonchev–Trinajstić information content (AvgIpc) is 3.03. The number of H-pyrrole nitrogens is 1. The second-order valence-electron chi connectivity index (χ2n) is 4.33. The zero-order valence-electron chi connectivity index (χ0n) is 8.99. The van der Waals surface area contributed by atoms with Gasteiger partial charge >= 0.3 is 5.69 Å². The van der Waals surface area contributed by atoms with Gasteiger partial charge in [-0.3, -0.25) is 14.3 Å². The fraction of sp³-hybridized carbons (Fsp3) is 0.333. The fourth-order valence-electron chi connectivity index (χ4n) is 2.17. The highest BCUT2D eigenvalue weighted by Gasteiger charge is 2.27. The van der Waals surface area contributed by atoms with Crippen LogP contribution in [-0.2, 0) is 0 Å². The first-order valence-corrected chi connectivity index (χ1v) is 5.42. The quantitative estimate of drug-likeness (QED) is 0.781. The van der Waals surface area contributed by atoms with Crippen molar-refractivity contribution in [2.45, 2.75) is 25.8 Å². The number of hydrogen-bond acceptors (Lipinski definition) is 2. The number of nitrogens with zero attached hydrogens (tertiary/aromatic N) is 1. The zero-order valence-corrected chi connectivity index (χ0v) is 8.99. The Morgan fingerprint density at radius 1 is 1.31 bits per heavy atom. The minimum absolute atomic E-state index is 0.271. The first kappa shape index (κ1) is 9.39. The molecular weight excluding hydrogens is 204 g/mol. The monoisotopic (exact) mass is 216 g/mol. The van der Waals surface area contributed by atoms with E-state index in [1.54, 1.807) is 10.6 Å². The Bertz CT molecular complexity index is 677. The van der Waals surface area contributed by atoms with Crippen molar-refractivity contribution in [3.8, 4) is 0 Å². The van der Waals surface area contributed by atoms with Crippen LogP contribution in [0.2, 0.25) is 0 Å². The molecule has 0 aliphatic heterocycles. The van der Waals surface area contributed by atoms with Gasteiger partial charge in [0.15, 0.2) is 0 Å². The summed E-state index contributed by atoms with van der Waals surface area (Å²) in [7, 11) is 0. The first-order chi connectivity index (χ1) is 7.68. The molecule has 1 N–H and O–H groups in total. The Labute approximate surface area is 91.5 Å². The molecule has 0 unspecified atom stereocenters. The van der Waals surface area contributed by atoms with Crippen molar-refractivity contribution < 1.29 is 0 Å². The summed E-state index contributed by atoms with van der Waals surface area (Å²) in [4.78, 5) is 25.9. The molecule has 1 heterocycles. The number of nitrogens with one attached hydrogen (secondary N) is 1. The third-order valence-corrected chi connectivity index (χ3v) is 3.07. The molecule has 4 nitrogen and oxygen atoms in total. The standard InChI is InChI=1S/C12H12N2O2/c1-7-3-2-4-9-10(7)14(8-5-6-8)12(16)13-11(9)15/h2-4,8H,5-6H2,1H3,(H,13,15,16). The SMILES string of the molecule is Cc1cccc2c(=O)[nH]c(=O)n(C3CC3)c12. The summed E-state index contributed by atoms with van der Waals surface area (Å²) in [5, 5.41) is 0.603. The van der Waals surface area contributed by atoms with Crippen molar-refractivity contribution in [2.75, 3.05) is 0 Å². The summed E-state index contributed by atoms with van der Waals surface area (Å²) in [6.07, 6.45) is 2.05. The molecule has 16 heavy (non-hydrogen) atoms. The molecule has 0 spiro atoms. The highest BCUT2D eigenvalue weighted by Crippen LogP contribution is 2.35. The maximum Gasteiger partial charge on any atom is 0.329 e. The Balaban J connectivity index is 2.56. The van der Waals surface area contributed by atoms with Gasteiger partial charge in [-0.05, 0) is 31.4 Å². The van der Waals surface area contributed by atoms with Gasteiger partial charge in [0.25, 0.3) is 5.56 Å². The lowest BCUT2D eigenvalue weighted by Crippen LogP contribution is -2.30. The van der Waals surface area contributed by atoms with E-state index in [-0.39, 0.29) is 17.3 Å². The van der Waals surface area contributed by atoms with Gasteiger partial charge < -0.3 is 0 Å². The number of fused-ring (bicyclic) bond motifs is 1. The van der Waals surface area contributed by atoms with Crippen LogP contribution in [0.4, 0.5) is 0 Å². The van der Waals surface area contributed by atoms with Gasteiger partial charge in [-0.15, -0.1) is 0 Å². The van der Waals surface area contributed by atoms with Crippen molar-refractivity contribution in [3.63, 3.8) is 0 Å². The van der Waals surface area contributed by atoms with Crippen LogP contribution in [0.1, 0.15) is 24.4 Å². The van der Waals surface area contributed by atoms with E-state index in [1.807, 2.05) is 19.1 Å². The molecule has 1 aromatic heterocycles. The fourth-order valence-corrected chi connectivity index (χ4v) is 2.17. The van der Waals surface area contributed by atoms with E-state index in [4.69, 9.17) is 0 Å². The van der Waals surface area contributed by atoms with E-state index < -0.39 is 0 Å². The molecule has 1 fully saturated rings. The van der Waals surface area contributed by atoms with Gasteiger partial charge in [0, 0.05) is 6.04 Å². The number of benzene rings is 1.